The molecule has 0 atom stereocenters. The van der Waals surface area contributed by atoms with Gasteiger partial charge >= 0.3 is 116 Å². The van der Waals surface area contributed by atoms with Crippen LogP contribution in [0.1, 0.15) is 27.7 Å². The number of nitrogens with zero attached hydrogens (tertiary/aromatic N) is 2. The van der Waals surface area contributed by atoms with Gasteiger partial charge in [-0.3, -0.25) is 0 Å². The molecule has 0 saturated heterocycles. The van der Waals surface area contributed by atoms with Crippen molar-refractivity contribution in [3.05, 3.63) is 49.1 Å². The van der Waals surface area contributed by atoms with Crippen molar-refractivity contribution in [1.82, 2.24) is 6.62 Å². The van der Waals surface area contributed by atoms with Gasteiger partial charge in [-0.1, -0.05) is 0 Å². The van der Waals surface area contributed by atoms with Crippen LogP contribution in [-0.2, 0) is 12.9 Å². The van der Waals surface area contributed by atoms with Crippen LogP contribution in [0.4, 0.5) is 0 Å². The first-order chi connectivity index (χ1) is 9.09. The van der Waals surface area contributed by atoms with Gasteiger partial charge in [0.1, 0.15) is 0 Å². The third-order valence-electron chi connectivity index (χ3n) is 5.33. The molecule has 2 rings (SSSR count). The quantitative estimate of drug-likeness (QED) is 0.610. The summed E-state index contributed by atoms with van der Waals surface area (Å²) >= 11 is -3.39. The Bertz CT molecular complexity index is 466. The zero-order valence-corrected chi connectivity index (χ0v) is 14.4. The van der Waals surface area contributed by atoms with Gasteiger partial charge in [-0.25, -0.2) is 0 Å². The van der Waals surface area contributed by atoms with Crippen LogP contribution < -0.4 is 0 Å². The molecule has 0 aliphatic carbocycles. The van der Waals surface area contributed by atoms with E-state index in [4.69, 9.17) is 0 Å². The zero-order valence-electron chi connectivity index (χ0n) is 12.7. The predicted octanol–water partition coefficient (Wildman–Crippen LogP) is 5.49. The van der Waals surface area contributed by atoms with Gasteiger partial charge in [0.05, 0.1) is 0 Å². The molecule has 0 amide bonds. The van der Waals surface area contributed by atoms with Crippen molar-refractivity contribution in [2.75, 3.05) is 0 Å². The molecule has 0 fully saturated rings. The van der Waals surface area contributed by atoms with Gasteiger partial charge < -0.3 is 0 Å². The molecule has 0 saturated carbocycles. The Morgan fingerprint density at radius 2 is 0.842 bits per heavy atom. The molecular weight excluding hydrogens is 321 g/mol. The van der Waals surface area contributed by atoms with Gasteiger partial charge in [0.15, 0.2) is 0 Å². The molecule has 2 heterocycles. The molecule has 0 aliphatic heterocycles. The molecule has 0 N–H and O–H groups in total. The Morgan fingerprint density at radius 3 is 1.05 bits per heavy atom. The molecule has 2 nitrogen and oxygen atoms in total. The van der Waals surface area contributed by atoms with Crippen LogP contribution >= 0.6 is 0 Å². The van der Waals surface area contributed by atoms with E-state index in [-0.39, 0.29) is 0 Å². The van der Waals surface area contributed by atoms with E-state index >= 15 is 0 Å². The normalized spacial score (nSPS) is 16.0. The first-order valence-electron chi connectivity index (χ1n) is 7.18. The van der Waals surface area contributed by atoms with Gasteiger partial charge in [0.25, 0.3) is 0 Å². The summed E-state index contributed by atoms with van der Waals surface area (Å²) in [7, 11) is 0. The summed E-state index contributed by atoms with van der Waals surface area (Å²) in [6, 6.07) is 8.72. The fraction of sp³-hybridized carbons (Fsp3) is 0.500. The van der Waals surface area contributed by atoms with Crippen molar-refractivity contribution in [3.63, 3.8) is 0 Å². The van der Waals surface area contributed by atoms with Crippen molar-refractivity contribution in [1.29, 1.82) is 0 Å². The predicted molar refractivity (Wildman–Crippen MR) is 81.6 cm³/mol. The maximum atomic E-state index is 2.63. The summed E-state index contributed by atoms with van der Waals surface area (Å²) < 4.78 is 5.25. The summed E-state index contributed by atoms with van der Waals surface area (Å²) in [6.07, 6.45) is 9.22. The molecular formula is C16H28N2Ru. The molecule has 110 valence electrons. The Balaban J connectivity index is 2.97. The molecule has 19 heavy (non-hydrogen) atoms. The number of rotatable bonds is 6. The Labute approximate surface area is 116 Å². The third-order valence-corrected chi connectivity index (χ3v) is 27.1. The maximum absolute atomic E-state index is 3.39. The van der Waals surface area contributed by atoms with Crippen molar-refractivity contribution in [3.8, 4) is 0 Å². The van der Waals surface area contributed by atoms with E-state index in [2.05, 4.69) is 83.4 Å². The van der Waals surface area contributed by atoms with Crippen LogP contribution in [0.3, 0.4) is 0 Å². The number of hydrogen-bond acceptors (Lipinski definition) is 0. The third kappa shape index (κ3) is 1.40. The van der Waals surface area contributed by atoms with E-state index in [0.29, 0.717) is 0 Å². The fourth-order valence-electron chi connectivity index (χ4n) is 3.50. The molecule has 0 spiro atoms. The number of aromatic nitrogens is 2. The molecule has 2 aromatic heterocycles. The summed E-state index contributed by atoms with van der Waals surface area (Å²) in [4.78, 5) is 0. The second kappa shape index (κ2) is 4.34. The van der Waals surface area contributed by atoms with E-state index in [0.717, 1.165) is 0 Å². The van der Waals surface area contributed by atoms with Gasteiger partial charge in [0.2, 0.25) is 0 Å². The van der Waals surface area contributed by atoms with E-state index in [1.807, 2.05) is 0 Å². The summed E-state index contributed by atoms with van der Waals surface area (Å²) in [5.41, 5.74) is 0. The van der Waals surface area contributed by atoms with E-state index in [1.165, 1.54) is 20.1 Å². The molecule has 0 aliphatic rings. The molecule has 0 aromatic carbocycles. The minimum absolute atomic E-state index is 1.25. The van der Waals surface area contributed by atoms with Gasteiger partial charge in [-0.2, -0.15) is 0 Å². The van der Waals surface area contributed by atoms with Gasteiger partial charge in [-0.05, 0) is 0 Å². The van der Waals surface area contributed by atoms with Crippen molar-refractivity contribution >= 4 is 0 Å². The van der Waals surface area contributed by atoms with E-state index in [9.17, 15) is 0 Å². The topological polar surface area (TPSA) is 9.86 Å². The fourth-order valence-corrected chi connectivity index (χ4v) is 18.2. The van der Waals surface area contributed by atoms with Crippen molar-refractivity contribution in [2.45, 2.75) is 47.8 Å². The summed E-state index contributed by atoms with van der Waals surface area (Å²) in [6.45, 7) is 9.60. The first kappa shape index (κ1) is 14.6. The minimum atomic E-state index is -3.39. The van der Waals surface area contributed by atoms with Crippen molar-refractivity contribution in [2.24, 2.45) is 0 Å². The second-order valence-corrected chi connectivity index (χ2v) is 21.7. The van der Waals surface area contributed by atoms with Crippen LogP contribution in [0.5, 0.6) is 0 Å². The molecule has 0 unspecified atom stereocenters. The SMILES string of the molecule is C[CH2][Ru]([CH2]C)([CH2]C)([CH2]C)([n]1cccc1)[n]1cccc1. The molecule has 0 radical (unpaired) electrons. The zero-order chi connectivity index (χ0) is 14.0. The Hall–Kier alpha value is -0.817. The first-order valence-corrected chi connectivity index (χ1v) is 13.6. The van der Waals surface area contributed by atoms with E-state index < -0.39 is 12.9 Å². The molecule has 2 aromatic rings. The average Bonchev–Trinajstić information content (AvgIpc) is 3.18. The Morgan fingerprint density at radius 1 is 0.579 bits per heavy atom. The second-order valence-electron chi connectivity index (χ2n) is 5.06. The van der Waals surface area contributed by atoms with Crippen LogP contribution in [0.25, 0.3) is 0 Å². The van der Waals surface area contributed by atoms with Crippen LogP contribution in [0.2, 0.25) is 20.1 Å². The average molecular weight is 349 g/mol. The standard InChI is InChI=1S/2C4H4N.4C2H5.Ru/c2*1-2-4-5-3-1;4*1-2;/h2*1-4H;4*1H2,2H3;/q2*-1;;;;;+2. The van der Waals surface area contributed by atoms with Crippen molar-refractivity contribution < 1.29 is 12.9 Å². The number of hydrogen-bond donors (Lipinski definition) is 0. The monoisotopic (exact) mass is 350 g/mol. The van der Waals surface area contributed by atoms with Gasteiger partial charge in [0, 0.05) is 0 Å². The summed E-state index contributed by atoms with van der Waals surface area (Å²) in [5.74, 6) is 0. The summed E-state index contributed by atoms with van der Waals surface area (Å²) in [5, 5.41) is 4.98. The Kier molecular flexibility index (Phi) is 3.34. The van der Waals surface area contributed by atoms with Crippen LogP contribution in [0.15, 0.2) is 49.1 Å². The molecule has 0 bridgehead atoms. The van der Waals surface area contributed by atoms with E-state index in [1.54, 1.807) is 0 Å². The van der Waals surface area contributed by atoms with Crippen LogP contribution in [0, 0.1) is 0 Å². The van der Waals surface area contributed by atoms with Gasteiger partial charge in [-0.15, -0.1) is 0 Å². The molecule has 3 heteroatoms. The van der Waals surface area contributed by atoms with Crippen LogP contribution in [-0.4, -0.2) is 6.62 Å².